The maximum Gasteiger partial charge on any atom is 0.411 e. The Labute approximate surface area is 338 Å². The van der Waals surface area contributed by atoms with Crippen LogP contribution in [0.5, 0.6) is 0 Å². The molecule has 1 atom stereocenters. The Morgan fingerprint density at radius 3 is 2.36 bits per heavy atom. The number of alkyl carbamates (subject to hydrolysis) is 1. The van der Waals surface area contributed by atoms with E-state index in [1.54, 1.807) is 12.1 Å². The van der Waals surface area contributed by atoms with Crippen LogP contribution in [0.4, 0.5) is 21.1 Å². The van der Waals surface area contributed by atoms with Crippen molar-refractivity contribution >= 4 is 53.7 Å². The van der Waals surface area contributed by atoms with E-state index in [1.807, 2.05) is 93.0 Å². The molecular formula is C40H54BrN7O7Si. The topological polar surface area (TPSA) is 159 Å². The number of benzene rings is 2. The van der Waals surface area contributed by atoms with Crippen LogP contribution in [-0.2, 0) is 49.9 Å². The van der Waals surface area contributed by atoms with Crippen molar-refractivity contribution < 1.29 is 33.3 Å². The molecule has 4 rings (SSSR count). The summed E-state index contributed by atoms with van der Waals surface area (Å²) in [5.74, 6) is 1.27. The monoisotopic (exact) mass is 851 g/mol. The van der Waals surface area contributed by atoms with E-state index < -0.39 is 31.9 Å². The van der Waals surface area contributed by atoms with Crippen LogP contribution in [0.2, 0.25) is 25.7 Å². The minimum atomic E-state index is -1.38. The third kappa shape index (κ3) is 14.4. The standard InChI is InChI=1S/C40H54BrN7O7Si/c1-40(2,3)55-36(49)18-17-34-42-29(23-35(46-34)47(4)5)22-32(45-39(51)54-25-27-13-11-10-12-14-27)37-44-33(24-48(37)26-53-19-20-56(7,8)9)30-16-15-28(21-31(30)41)43-38(50)52-6/h10-16,21,23-24,32H,17-20,22,25-26H2,1-9H3,(H,43,50)(H,45,51)/t32-/m0/s1. The molecule has 0 saturated heterocycles. The van der Waals surface area contributed by atoms with E-state index in [0.29, 0.717) is 45.6 Å². The second-order valence-corrected chi connectivity index (χ2v) is 22.2. The maximum absolute atomic E-state index is 13.5. The molecule has 56 heavy (non-hydrogen) atoms. The van der Waals surface area contributed by atoms with Crippen LogP contribution >= 0.6 is 15.9 Å². The molecule has 0 aliphatic heterocycles. The Balaban J connectivity index is 1.74. The van der Waals surface area contributed by atoms with Gasteiger partial charge in [0.15, 0.2) is 0 Å². The number of imidazole rings is 1. The quantitative estimate of drug-likeness (QED) is 0.0457. The van der Waals surface area contributed by atoms with Crippen molar-refractivity contribution in [2.45, 2.75) is 90.7 Å². The molecule has 0 fully saturated rings. The van der Waals surface area contributed by atoms with Crippen LogP contribution < -0.4 is 15.5 Å². The Hall–Kier alpha value is -4.80. The number of carbonyl (C=O) groups excluding carboxylic acids is 3. The van der Waals surface area contributed by atoms with Gasteiger partial charge >= 0.3 is 18.2 Å². The number of aryl methyl sites for hydroxylation is 1. The molecule has 4 aromatic rings. The molecule has 2 aromatic carbocycles. The van der Waals surface area contributed by atoms with Gasteiger partial charge in [-0.05, 0) is 50.6 Å². The number of nitrogens with zero attached hydrogens (tertiary/aromatic N) is 5. The average molecular weight is 853 g/mol. The molecule has 2 aromatic heterocycles. The molecule has 16 heteroatoms. The van der Waals surface area contributed by atoms with Crippen molar-refractivity contribution in [1.82, 2.24) is 24.8 Å². The number of methoxy groups -OCH3 is 1. The minimum absolute atomic E-state index is 0.0743. The number of nitrogens with one attached hydrogen (secondary N) is 2. The lowest BCUT2D eigenvalue weighted by Crippen LogP contribution is -2.33. The van der Waals surface area contributed by atoms with Crippen LogP contribution in [0, 0.1) is 0 Å². The van der Waals surface area contributed by atoms with Gasteiger partial charge in [-0.3, -0.25) is 10.1 Å². The predicted molar refractivity (Wildman–Crippen MR) is 222 cm³/mol. The van der Waals surface area contributed by atoms with Crippen LogP contribution in [0.3, 0.4) is 0 Å². The number of esters is 1. The number of ether oxygens (including phenoxy) is 4. The molecule has 2 amide bonds. The summed E-state index contributed by atoms with van der Waals surface area (Å²) in [6.07, 6.45) is 1.22. The normalized spacial score (nSPS) is 12.1. The summed E-state index contributed by atoms with van der Waals surface area (Å²) in [5, 5.41) is 5.72. The predicted octanol–water partition coefficient (Wildman–Crippen LogP) is 8.14. The Morgan fingerprint density at radius 2 is 1.71 bits per heavy atom. The third-order valence-electron chi connectivity index (χ3n) is 8.18. The number of halogens is 1. The lowest BCUT2D eigenvalue weighted by molar-refractivity contribution is -0.154. The Kier molecular flexibility index (Phi) is 15.6. The van der Waals surface area contributed by atoms with Crippen LogP contribution in [0.1, 0.15) is 56.1 Å². The van der Waals surface area contributed by atoms with Gasteiger partial charge < -0.3 is 33.7 Å². The number of hydrogen-bond acceptors (Lipinski definition) is 11. The molecule has 0 bridgehead atoms. The molecule has 0 unspecified atom stereocenters. The largest absolute Gasteiger partial charge is 0.460 e. The first-order chi connectivity index (χ1) is 26.4. The fraction of sp³-hybridized carbons (Fsp3) is 0.450. The van der Waals surface area contributed by atoms with Gasteiger partial charge in [0.1, 0.15) is 36.4 Å². The van der Waals surface area contributed by atoms with Crippen molar-refractivity contribution in [3.05, 3.63) is 88.2 Å². The molecule has 2 N–H and O–H groups in total. The summed E-state index contributed by atoms with van der Waals surface area (Å²) < 4.78 is 24.7. The molecule has 302 valence electrons. The second-order valence-electron chi connectivity index (χ2n) is 15.7. The first-order valence-corrected chi connectivity index (χ1v) is 22.9. The van der Waals surface area contributed by atoms with E-state index in [-0.39, 0.29) is 38.6 Å². The van der Waals surface area contributed by atoms with Crippen LogP contribution in [0.25, 0.3) is 11.3 Å². The number of hydrogen-bond donors (Lipinski definition) is 2. The van der Waals surface area contributed by atoms with Gasteiger partial charge in [0.25, 0.3) is 0 Å². The van der Waals surface area contributed by atoms with Crippen molar-refractivity contribution in [3.8, 4) is 11.3 Å². The summed E-state index contributed by atoms with van der Waals surface area (Å²) in [6.45, 7) is 13.2. The molecular weight excluding hydrogens is 798 g/mol. The summed E-state index contributed by atoms with van der Waals surface area (Å²) in [6, 6.07) is 16.9. The zero-order valence-corrected chi connectivity index (χ0v) is 36.4. The van der Waals surface area contributed by atoms with Crippen molar-refractivity contribution in [2.24, 2.45) is 0 Å². The second kappa shape index (κ2) is 19.9. The van der Waals surface area contributed by atoms with Crippen molar-refractivity contribution in [1.29, 1.82) is 0 Å². The molecule has 0 aliphatic rings. The number of aromatic nitrogens is 4. The molecule has 0 aliphatic carbocycles. The molecule has 2 heterocycles. The van der Waals surface area contributed by atoms with Crippen LogP contribution in [0.15, 0.2) is 65.3 Å². The highest BCUT2D eigenvalue weighted by Gasteiger charge is 2.26. The first-order valence-electron chi connectivity index (χ1n) is 18.4. The average Bonchev–Trinajstić information content (AvgIpc) is 3.54. The number of amides is 2. The van der Waals surface area contributed by atoms with Gasteiger partial charge in [0.05, 0.1) is 25.3 Å². The van der Waals surface area contributed by atoms with Gasteiger partial charge in [-0.25, -0.2) is 24.5 Å². The van der Waals surface area contributed by atoms with Crippen molar-refractivity contribution in [3.63, 3.8) is 0 Å². The highest BCUT2D eigenvalue weighted by molar-refractivity contribution is 9.10. The summed E-state index contributed by atoms with van der Waals surface area (Å²) in [4.78, 5) is 54.5. The SMILES string of the molecule is COC(=O)Nc1ccc(-c2cn(COCC[Si](C)(C)C)c([C@H](Cc3cc(N(C)C)nc(CCC(=O)OC(C)(C)C)n3)NC(=O)OCc3ccccc3)n2)c(Br)c1. The fourth-order valence-electron chi connectivity index (χ4n) is 5.36. The number of carbonyl (C=O) groups is 3. The summed E-state index contributed by atoms with van der Waals surface area (Å²) >= 11 is 3.65. The Morgan fingerprint density at radius 1 is 0.982 bits per heavy atom. The highest BCUT2D eigenvalue weighted by atomic mass is 79.9. The zero-order chi connectivity index (χ0) is 41.0. The lowest BCUT2D eigenvalue weighted by atomic mass is 10.1. The summed E-state index contributed by atoms with van der Waals surface area (Å²) in [5.41, 5.74) is 2.73. The van der Waals surface area contributed by atoms with Gasteiger partial charge in [0.2, 0.25) is 0 Å². The van der Waals surface area contributed by atoms with E-state index in [4.69, 9.17) is 33.9 Å². The maximum atomic E-state index is 13.5. The minimum Gasteiger partial charge on any atom is -0.460 e. The fourth-order valence-corrected chi connectivity index (χ4v) is 6.70. The highest BCUT2D eigenvalue weighted by Crippen LogP contribution is 2.32. The lowest BCUT2D eigenvalue weighted by Gasteiger charge is -2.22. The van der Waals surface area contributed by atoms with Gasteiger partial charge in [-0.15, -0.1) is 0 Å². The molecule has 0 spiro atoms. The van der Waals surface area contributed by atoms with Gasteiger partial charge in [-0.1, -0.05) is 65.9 Å². The van der Waals surface area contributed by atoms with Gasteiger partial charge in [0, 0.05) is 75.3 Å². The molecule has 14 nitrogen and oxygen atoms in total. The van der Waals surface area contributed by atoms with E-state index >= 15 is 0 Å². The van der Waals surface area contributed by atoms with Crippen LogP contribution in [-0.4, -0.2) is 79.2 Å². The van der Waals surface area contributed by atoms with E-state index in [9.17, 15) is 14.4 Å². The number of anilines is 2. The molecule has 0 radical (unpaired) electrons. The molecule has 0 saturated carbocycles. The van der Waals surface area contributed by atoms with E-state index in [2.05, 4.69) is 46.2 Å². The number of rotatable bonds is 17. The smallest absolute Gasteiger partial charge is 0.411 e. The first kappa shape index (κ1) is 43.9. The summed E-state index contributed by atoms with van der Waals surface area (Å²) in [7, 11) is 3.67. The zero-order valence-electron chi connectivity index (χ0n) is 33.8. The van der Waals surface area contributed by atoms with E-state index in [0.717, 1.165) is 17.2 Å². The Bertz CT molecular complexity index is 1950. The van der Waals surface area contributed by atoms with E-state index in [1.165, 1.54) is 7.11 Å². The van der Waals surface area contributed by atoms with Crippen molar-refractivity contribution in [2.75, 3.05) is 38.0 Å². The third-order valence-corrected chi connectivity index (χ3v) is 10.5. The van der Waals surface area contributed by atoms with Gasteiger partial charge in [-0.2, -0.15) is 0 Å².